The molecule has 0 bridgehead atoms. The van der Waals surface area contributed by atoms with E-state index < -0.39 is 59.3 Å². The number of rotatable bonds is 9. The molecule has 13 heteroatoms. The smallest absolute Gasteiger partial charge is 0.407 e. The summed E-state index contributed by atoms with van der Waals surface area (Å²) >= 11 is 0. The van der Waals surface area contributed by atoms with Crippen LogP contribution in [0.5, 0.6) is 0 Å². The van der Waals surface area contributed by atoms with E-state index in [1.54, 1.807) is 0 Å². The number of carbonyl (C=O) groups is 3. The van der Waals surface area contributed by atoms with Crippen molar-refractivity contribution in [2.45, 2.75) is 59.5 Å². The number of halogens is 3. The summed E-state index contributed by atoms with van der Waals surface area (Å²) in [6.07, 6.45) is -4.11. The van der Waals surface area contributed by atoms with E-state index >= 15 is 4.39 Å². The Bertz CT molecular complexity index is 1510. The Morgan fingerprint density at radius 3 is 2.39 bits per heavy atom. The normalized spacial score (nSPS) is 18.1. The van der Waals surface area contributed by atoms with Gasteiger partial charge in [-0.05, 0) is 36.1 Å². The summed E-state index contributed by atoms with van der Waals surface area (Å²) in [7, 11) is 0. The number of alkyl halides is 1. The number of aromatic nitrogens is 3. The highest BCUT2D eigenvalue weighted by Crippen LogP contribution is 2.40. The molecule has 2 aromatic carbocycles. The van der Waals surface area contributed by atoms with Crippen molar-refractivity contribution in [2.24, 2.45) is 11.3 Å². The highest BCUT2D eigenvalue weighted by molar-refractivity contribution is 5.83. The first kappa shape index (κ1) is 32.5. The van der Waals surface area contributed by atoms with Gasteiger partial charge in [-0.3, -0.25) is 9.59 Å². The molecule has 10 nitrogen and oxygen atoms in total. The summed E-state index contributed by atoms with van der Waals surface area (Å²) in [6.45, 7) is 7.42. The number of amides is 2. The molecule has 0 spiro atoms. The van der Waals surface area contributed by atoms with Gasteiger partial charge in [0.1, 0.15) is 17.8 Å². The number of carbonyl (C=O) groups excluding carboxylic acids is 2. The van der Waals surface area contributed by atoms with Crippen molar-refractivity contribution in [3.8, 4) is 11.4 Å². The minimum atomic E-state index is -1.56. The second-order valence-corrected chi connectivity index (χ2v) is 12.0. The maximum Gasteiger partial charge on any atom is 0.407 e. The van der Waals surface area contributed by atoms with E-state index in [9.17, 15) is 28.3 Å². The molecule has 2 heterocycles. The van der Waals surface area contributed by atoms with E-state index in [2.05, 4.69) is 10.1 Å². The summed E-state index contributed by atoms with van der Waals surface area (Å²) in [5.74, 6) is -3.62. The average Bonchev–Trinajstić information content (AvgIpc) is 3.51. The summed E-state index contributed by atoms with van der Waals surface area (Å²) in [4.78, 5) is 44.4. The average molecular weight is 616 g/mol. The second kappa shape index (κ2) is 13.1. The van der Waals surface area contributed by atoms with Crippen molar-refractivity contribution < 1.29 is 37.4 Å². The lowest BCUT2D eigenvalue weighted by molar-refractivity contribution is -0.160. The van der Waals surface area contributed by atoms with Gasteiger partial charge in [0.25, 0.3) is 5.91 Å². The van der Waals surface area contributed by atoms with E-state index in [4.69, 9.17) is 4.74 Å². The molecule has 236 valence electrons. The van der Waals surface area contributed by atoms with E-state index in [1.165, 1.54) is 16.5 Å². The number of esters is 1. The molecule has 1 aliphatic heterocycles. The number of nitrogens with zero attached hydrogens (tertiary/aromatic N) is 5. The van der Waals surface area contributed by atoms with Crippen molar-refractivity contribution in [1.82, 2.24) is 24.6 Å². The van der Waals surface area contributed by atoms with Crippen molar-refractivity contribution >= 4 is 18.0 Å². The lowest BCUT2D eigenvalue weighted by Gasteiger charge is -2.41. The van der Waals surface area contributed by atoms with Crippen LogP contribution in [0.3, 0.4) is 0 Å². The van der Waals surface area contributed by atoms with E-state index in [0.717, 1.165) is 35.6 Å². The first-order valence-electron chi connectivity index (χ1n) is 14.2. The lowest BCUT2D eigenvalue weighted by atomic mass is 9.84. The van der Waals surface area contributed by atoms with Crippen molar-refractivity contribution in [3.63, 3.8) is 0 Å². The molecule has 0 aliphatic carbocycles. The number of hydrogen-bond acceptors (Lipinski definition) is 6. The molecule has 0 radical (unpaired) electrons. The molecule has 1 aromatic heterocycles. The molecule has 3 unspecified atom stereocenters. The fourth-order valence-corrected chi connectivity index (χ4v) is 5.47. The molecule has 1 N–H and O–H groups in total. The molecule has 44 heavy (non-hydrogen) atoms. The zero-order valence-electron chi connectivity index (χ0n) is 25.2. The number of carboxylic acid groups (broad SMARTS) is 1. The maximum atomic E-state index is 15.2. The van der Waals surface area contributed by atoms with Crippen LogP contribution in [0.25, 0.3) is 11.4 Å². The Kier molecular flexibility index (Phi) is 9.65. The fraction of sp³-hybridized carbons (Fsp3) is 0.452. The molecule has 2 amide bonds. The van der Waals surface area contributed by atoms with Gasteiger partial charge in [-0.1, -0.05) is 51.1 Å². The number of ether oxygens (including phenoxy) is 1. The summed E-state index contributed by atoms with van der Waals surface area (Å²) in [5.41, 5.74) is -0.198. The Labute approximate surface area is 253 Å². The number of benzene rings is 2. The maximum absolute atomic E-state index is 15.2. The molecule has 3 aromatic rings. The predicted molar refractivity (Wildman–Crippen MR) is 154 cm³/mol. The van der Waals surface area contributed by atoms with Gasteiger partial charge in [0.15, 0.2) is 17.8 Å². The van der Waals surface area contributed by atoms with Gasteiger partial charge in [-0.25, -0.2) is 27.6 Å². The monoisotopic (exact) mass is 615 g/mol. The SMILES string of the molecule is CC(=O)OC(C)C(=O)N(CC1CN(C(=O)O)CC1F)[C@@H](c1nc(-c2cc(F)ccc2F)nn1Cc1ccccc1)C(C)(C)C. The number of hydrogen-bond donors (Lipinski definition) is 1. The Morgan fingerprint density at radius 1 is 1.11 bits per heavy atom. The first-order chi connectivity index (χ1) is 20.6. The third kappa shape index (κ3) is 7.37. The molecule has 0 saturated carbocycles. The molecular weight excluding hydrogens is 579 g/mol. The van der Waals surface area contributed by atoms with Crippen molar-refractivity contribution in [2.75, 3.05) is 19.6 Å². The van der Waals surface area contributed by atoms with E-state index in [1.807, 2.05) is 51.1 Å². The minimum absolute atomic E-state index is 0.121. The van der Waals surface area contributed by atoms with Crippen LogP contribution in [-0.4, -0.2) is 79.6 Å². The Balaban J connectivity index is 1.89. The fourth-order valence-electron chi connectivity index (χ4n) is 5.47. The third-order valence-corrected chi connectivity index (χ3v) is 7.46. The minimum Gasteiger partial charge on any atom is -0.465 e. The Hall–Kier alpha value is -4.42. The van der Waals surface area contributed by atoms with Crippen LogP contribution in [0.4, 0.5) is 18.0 Å². The highest BCUT2D eigenvalue weighted by atomic mass is 19.1. The van der Waals surface area contributed by atoms with Crippen LogP contribution in [-0.2, 0) is 20.9 Å². The molecule has 4 rings (SSSR count). The van der Waals surface area contributed by atoms with Crippen molar-refractivity contribution in [3.05, 3.63) is 71.6 Å². The van der Waals surface area contributed by atoms with Gasteiger partial charge in [-0.2, -0.15) is 5.10 Å². The Morgan fingerprint density at radius 2 is 1.80 bits per heavy atom. The van der Waals surface area contributed by atoms with Crippen LogP contribution in [0, 0.1) is 23.0 Å². The zero-order chi connectivity index (χ0) is 32.3. The third-order valence-electron chi connectivity index (χ3n) is 7.46. The topological polar surface area (TPSA) is 118 Å². The first-order valence-corrected chi connectivity index (χ1v) is 14.2. The van der Waals surface area contributed by atoms with Gasteiger partial charge in [0.05, 0.1) is 24.7 Å². The van der Waals surface area contributed by atoms with Gasteiger partial charge >= 0.3 is 12.1 Å². The van der Waals surface area contributed by atoms with Crippen LogP contribution in [0.1, 0.15) is 52.0 Å². The van der Waals surface area contributed by atoms with E-state index in [0.29, 0.717) is 0 Å². The van der Waals surface area contributed by atoms with Gasteiger partial charge < -0.3 is 19.6 Å². The van der Waals surface area contributed by atoms with Crippen LogP contribution in [0.2, 0.25) is 0 Å². The van der Waals surface area contributed by atoms with Gasteiger partial charge in [-0.15, -0.1) is 0 Å². The van der Waals surface area contributed by atoms with Crippen LogP contribution >= 0.6 is 0 Å². The molecule has 1 saturated heterocycles. The number of likely N-dealkylation sites (tertiary alicyclic amines) is 1. The standard InChI is InChI=1S/C31H36F3N5O5/c1-18(44-19(2)40)29(41)38(16-21-15-37(30(42)43)17-25(21)34)26(31(3,4)5)28-35-27(23-13-22(32)11-12-24(23)33)36-39(28)14-20-9-7-6-8-10-20/h6-13,18,21,25-26H,14-17H2,1-5H3,(H,42,43)/t18?,21?,25?,26-/m0/s1. The predicted octanol–water partition coefficient (Wildman–Crippen LogP) is 5.09. The largest absolute Gasteiger partial charge is 0.465 e. The highest BCUT2D eigenvalue weighted by Gasteiger charge is 2.45. The van der Waals surface area contributed by atoms with Crippen LogP contribution in [0.15, 0.2) is 48.5 Å². The molecule has 1 aliphatic rings. The zero-order valence-corrected chi connectivity index (χ0v) is 25.2. The molecule has 1 fully saturated rings. The van der Waals surface area contributed by atoms with Gasteiger partial charge in [0.2, 0.25) is 0 Å². The lowest BCUT2D eigenvalue weighted by Crippen LogP contribution is -2.50. The molecular formula is C31H36F3N5O5. The molecule has 4 atom stereocenters. The summed E-state index contributed by atoms with van der Waals surface area (Å²) in [5, 5.41) is 14.0. The van der Waals surface area contributed by atoms with E-state index in [-0.39, 0.29) is 43.4 Å². The summed E-state index contributed by atoms with van der Waals surface area (Å²) < 4.78 is 51.1. The quantitative estimate of drug-likeness (QED) is 0.334. The van der Waals surface area contributed by atoms with Crippen LogP contribution < -0.4 is 0 Å². The van der Waals surface area contributed by atoms with Gasteiger partial charge in [0, 0.05) is 25.9 Å². The second-order valence-electron chi connectivity index (χ2n) is 12.0. The van der Waals surface area contributed by atoms with Crippen molar-refractivity contribution in [1.29, 1.82) is 0 Å². The summed E-state index contributed by atoms with van der Waals surface area (Å²) in [6, 6.07) is 11.1.